The van der Waals surface area contributed by atoms with Gasteiger partial charge in [0.1, 0.15) is 0 Å². The molecule has 1 N–H and O–H groups in total. The summed E-state index contributed by atoms with van der Waals surface area (Å²) < 4.78 is 16.3. The number of ether oxygens (including phenoxy) is 3. The highest BCUT2D eigenvalue weighted by Gasteiger charge is 2.48. The van der Waals surface area contributed by atoms with Gasteiger partial charge in [0, 0.05) is 24.4 Å². The number of amides is 1. The third-order valence-corrected chi connectivity index (χ3v) is 5.88. The van der Waals surface area contributed by atoms with Crippen molar-refractivity contribution < 1.29 is 24.1 Å². The van der Waals surface area contributed by atoms with Crippen LogP contribution in [0.5, 0.6) is 11.5 Å². The van der Waals surface area contributed by atoms with E-state index in [0.717, 1.165) is 11.3 Å². The fourth-order valence-electron chi connectivity index (χ4n) is 3.71. The molecule has 1 aromatic carbocycles. The normalized spacial score (nSPS) is 26.5. The Labute approximate surface area is 155 Å². The number of carbonyl (C=O) groups excluding carboxylic acids is 1. The van der Waals surface area contributed by atoms with Crippen molar-refractivity contribution in [3.63, 3.8) is 0 Å². The van der Waals surface area contributed by atoms with Crippen molar-refractivity contribution in [2.45, 2.75) is 38.7 Å². The molecule has 0 aromatic heterocycles. The number of aliphatic hydroxyl groups excluding tert-OH is 1. The maximum Gasteiger partial charge on any atom is 0.409 e. The monoisotopic (exact) mass is 363 g/mol. The van der Waals surface area contributed by atoms with Crippen molar-refractivity contribution in [3.05, 3.63) is 23.8 Å². The summed E-state index contributed by atoms with van der Waals surface area (Å²) in [5.41, 5.74) is 0.572. The lowest BCUT2D eigenvalue weighted by Gasteiger charge is -2.33. The van der Waals surface area contributed by atoms with Gasteiger partial charge in [0.2, 0.25) is 0 Å². The number of carbonyl (C=O) groups is 1. The number of rotatable bonds is 6. The summed E-state index contributed by atoms with van der Waals surface area (Å²) in [5.74, 6) is 2.06. The summed E-state index contributed by atoms with van der Waals surface area (Å²) in [6.45, 7) is 5.45. The zero-order valence-corrected chi connectivity index (χ0v) is 16.0. The zero-order chi connectivity index (χ0) is 18.9. The van der Waals surface area contributed by atoms with E-state index in [1.807, 2.05) is 25.1 Å². The summed E-state index contributed by atoms with van der Waals surface area (Å²) in [7, 11) is 3.01. The molecule has 26 heavy (non-hydrogen) atoms. The van der Waals surface area contributed by atoms with E-state index in [1.165, 1.54) is 20.0 Å². The molecule has 1 heterocycles. The first-order chi connectivity index (χ1) is 12.4. The lowest BCUT2D eigenvalue weighted by atomic mass is 9.72. The second kappa shape index (κ2) is 7.35. The van der Waals surface area contributed by atoms with Crippen LogP contribution in [-0.4, -0.2) is 56.1 Å². The minimum Gasteiger partial charge on any atom is -0.493 e. The molecule has 3 atom stereocenters. The number of aliphatic hydroxyl groups is 1. The van der Waals surface area contributed by atoms with E-state index in [0.29, 0.717) is 31.4 Å². The van der Waals surface area contributed by atoms with Crippen molar-refractivity contribution in [2.24, 2.45) is 11.3 Å². The number of hydrogen-bond acceptors (Lipinski definition) is 5. The Morgan fingerprint density at radius 3 is 2.65 bits per heavy atom. The Hall–Kier alpha value is -1.95. The van der Waals surface area contributed by atoms with Crippen molar-refractivity contribution in [3.8, 4) is 11.5 Å². The highest BCUT2D eigenvalue weighted by atomic mass is 16.5. The summed E-state index contributed by atoms with van der Waals surface area (Å²) >= 11 is 0. The maximum absolute atomic E-state index is 12.0. The van der Waals surface area contributed by atoms with Crippen molar-refractivity contribution in [1.29, 1.82) is 0 Å². The van der Waals surface area contributed by atoms with Gasteiger partial charge in [0.15, 0.2) is 11.5 Å². The van der Waals surface area contributed by atoms with Gasteiger partial charge in [-0.25, -0.2) is 4.79 Å². The summed E-state index contributed by atoms with van der Waals surface area (Å²) in [5, 5.41) is 10.4. The molecule has 6 nitrogen and oxygen atoms in total. The van der Waals surface area contributed by atoms with Gasteiger partial charge in [-0.3, -0.25) is 0 Å². The molecule has 1 aliphatic heterocycles. The second-order valence-electron chi connectivity index (χ2n) is 7.75. The minimum atomic E-state index is -0.569. The lowest BCUT2D eigenvalue weighted by molar-refractivity contribution is 0.0470. The second-order valence-corrected chi connectivity index (χ2v) is 7.75. The number of likely N-dealkylation sites (tertiary alicyclic amines) is 1. The number of nitrogens with zero attached hydrogens (tertiary/aromatic N) is 1. The fraction of sp³-hybridized carbons (Fsp3) is 0.650. The van der Waals surface area contributed by atoms with E-state index >= 15 is 0 Å². The molecule has 0 spiro atoms. The molecule has 1 aliphatic carbocycles. The predicted molar refractivity (Wildman–Crippen MR) is 97.7 cm³/mol. The SMILES string of the molecule is COC(=O)N1C[C@H](c2ccc(OC)c(OCC3CC3)c2)[C@@](C)([C@H](C)O)C1. The van der Waals surface area contributed by atoms with Crippen molar-refractivity contribution in [1.82, 2.24) is 4.90 Å². The quantitative estimate of drug-likeness (QED) is 0.841. The van der Waals surface area contributed by atoms with Crippen molar-refractivity contribution >= 4 is 6.09 Å². The minimum absolute atomic E-state index is 0.0178. The lowest BCUT2D eigenvalue weighted by Crippen LogP contribution is -2.38. The van der Waals surface area contributed by atoms with Crippen molar-refractivity contribution in [2.75, 3.05) is 33.9 Å². The van der Waals surface area contributed by atoms with Crippen LogP contribution in [0.15, 0.2) is 18.2 Å². The first-order valence-electron chi connectivity index (χ1n) is 9.20. The molecule has 1 amide bonds. The fourth-order valence-corrected chi connectivity index (χ4v) is 3.71. The van der Waals surface area contributed by atoms with Crippen LogP contribution in [0.25, 0.3) is 0 Å². The molecule has 0 radical (unpaired) electrons. The Kier molecular flexibility index (Phi) is 5.32. The van der Waals surface area contributed by atoms with Crippen LogP contribution < -0.4 is 9.47 Å². The van der Waals surface area contributed by atoms with Gasteiger partial charge in [-0.2, -0.15) is 0 Å². The molecular formula is C20H29NO5. The average Bonchev–Trinajstić information content (AvgIpc) is 3.40. The van der Waals surface area contributed by atoms with Crippen LogP contribution in [0.1, 0.15) is 38.2 Å². The molecule has 0 unspecified atom stereocenters. The van der Waals surface area contributed by atoms with Gasteiger partial charge >= 0.3 is 6.09 Å². The van der Waals surface area contributed by atoms with E-state index in [4.69, 9.17) is 14.2 Å². The number of benzene rings is 1. The molecule has 3 rings (SSSR count). The first kappa shape index (κ1) is 18.8. The Morgan fingerprint density at radius 1 is 1.35 bits per heavy atom. The van der Waals surface area contributed by atoms with Gasteiger partial charge in [-0.1, -0.05) is 13.0 Å². The molecular weight excluding hydrogens is 334 g/mol. The largest absolute Gasteiger partial charge is 0.493 e. The maximum atomic E-state index is 12.0. The smallest absolute Gasteiger partial charge is 0.409 e. The highest BCUT2D eigenvalue weighted by Crippen LogP contribution is 2.47. The first-order valence-corrected chi connectivity index (χ1v) is 9.20. The molecule has 2 aliphatic rings. The Bertz CT molecular complexity index is 658. The molecule has 6 heteroatoms. The Morgan fingerprint density at radius 2 is 2.08 bits per heavy atom. The summed E-state index contributed by atoms with van der Waals surface area (Å²) in [6.07, 6.45) is 1.51. The third kappa shape index (κ3) is 3.61. The molecule has 144 valence electrons. The van der Waals surface area contributed by atoms with Crippen LogP contribution >= 0.6 is 0 Å². The zero-order valence-electron chi connectivity index (χ0n) is 16.0. The van der Waals surface area contributed by atoms with Crippen LogP contribution in [0, 0.1) is 11.3 Å². The molecule has 1 aromatic rings. The van der Waals surface area contributed by atoms with Gasteiger partial charge in [0.25, 0.3) is 0 Å². The Balaban J connectivity index is 1.89. The van der Waals surface area contributed by atoms with Crippen LogP contribution in [0.2, 0.25) is 0 Å². The van der Waals surface area contributed by atoms with Gasteiger partial charge in [0.05, 0.1) is 26.9 Å². The summed E-state index contributed by atoms with van der Waals surface area (Å²) in [4.78, 5) is 13.7. The van der Waals surface area contributed by atoms with Crippen LogP contribution in [0.4, 0.5) is 4.79 Å². The molecule has 1 saturated heterocycles. The van der Waals surface area contributed by atoms with Crippen LogP contribution in [-0.2, 0) is 4.74 Å². The van der Waals surface area contributed by atoms with E-state index in [2.05, 4.69) is 0 Å². The average molecular weight is 363 g/mol. The van der Waals surface area contributed by atoms with Gasteiger partial charge in [-0.15, -0.1) is 0 Å². The van der Waals surface area contributed by atoms with Gasteiger partial charge < -0.3 is 24.2 Å². The number of methoxy groups -OCH3 is 2. The highest BCUT2D eigenvalue weighted by molar-refractivity contribution is 5.68. The van der Waals surface area contributed by atoms with Gasteiger partial charge in [-0.05, 0) is 43.4 Å². The topological polar surface area (TPSA) is 68.2 Å². The molecule has 0 bridgehead atoms. The van der Waals surface area contributed by atoms with E-state index in [9.17, 15) is 9.90 Å². The predicted octanol–water partition coefficient (Wildman–Crippen LogP) is 3.04. The molecule has 1 saturated carbocycles. The molecule has 2 fully saturated rings. The standard InChI is InChI=1S/C20H29NO5/c1-13(22)20(2)12-21(19(23)25-4)10-16(20)15-7-8-17(24-3)18(9-15)26-11-14-5-6-14/h7-9,13-14,16,22H,5-6,10-12H2,1-4H3/t13-,16+,20+/m0/s1. The van der Waals surface area contributed by atoms with E-state index in [1.54, 1.807) is 18.9 Å². The van der Waals surface area contributed by atoms with E-state index in [-0.39, 0.29) is 12.0 Å². The van der Waals surface area contributed by atoms with Crippen LogP contribution in [0.3, 0.4) is 0 Å². The third-order valence-electron chi connectivity index (χ3n) is 5.88. The van der Waals surface area contributed by atoms with E-state index < -0.39 is 11.5 Å². The number of hydrogen-bond donors (Lipinski definition) is 1. The summed E-state index contributed by atoms with van der Waals surface area (Å²) in [6, 6.07) is 5.89.